The minimum atomic E-state index is -1.12. The number of nitrogens with two attached hydrogens (primary N) is 1. The third-order valence-electron chi connectivity index (χ3n) is 4.50. The summed E-state index contributed by atoms with van der Waals surface area (Å²) in [5.74, 6) is -1.41. The average molecular weight is 402 g/mol. The Balaban J connectivity index is 2.39. The van der Waals surface area contributed by atoms with Gasteiger partial charge in [-0.2, -0.15) is 0 Å². The SMILES string of the molecule is CCC(C)C(OC(N)=O)C(=O)Nc1ccc(OC)cc1C(=O)c1ccc(F)cc1. The molecule has 0 heterocycles. The Kier molecular flexibility index (Phi) is 7.30. The predicted molar refractivity (Wildman–Crippen MR) is 105 cm³/mol. The normalized spacial score (nSPS) is 12.6. The van der Waals surface area contributed by atoms with Crippen molar-refractivity contribution in [3.05, 3.63) is 59.4 Å². The Labute approximate surface area is 168 Å². The van der Waals surface area contributed by atoms with Crippen molar-refractivity contribution in [3.8, 4) is 5.75 Å². The number of nitrogens with one attached hydrogen (secondary N) is 1. The van der Waals surface area contributed by atoms with Crippen molar-refractivity contribution in [1.29, 1.82) is 0 Å². The lowest BCUT2D eigenvalue weighted by molar-refractivity contribution is -0.126. The van der Waals surface area contributed by atoms with Gasteiger partial charge in [-0.25, -0.2) is 9.18 Å². The molecule has 0 saturated heterocycles. The molecule has 0 aromatic heterocycles. The van der Waals surface area contributed by atoms with Crippen molar-refractivity contribution >= 4 is 23.5 Å². The molecular weight excluding hydrogens is 379 g/mol. The van der Waals surface area contributed by atoms with E-state index >= 15 is 0 Å². The first-order valence-electron chi connectivity index (χ1n) is 9.02. The van der Waals surface area contributed by atoms with E-state index in [1.165, 1.54) is 43.5 Å². The second kappa shape index (κ2) is 9.68. The smallest absolute Gasteiger partial charge is 0.405 e. The highest BCUT2D eigenvalue weighted by molar-refractivity contribution is 6.14. The largest absolute Gasteiger partial charge is 0.497 e. The molecule has 2 atom stereocenters. The van der Waals surface area contributed by atoms with Crippen LogP contribution in [0.4, 0.5) is 14.9 Å². The monoisotopic (exact) mass is 402 g/mol. The molecule has 0 saturated carbocycles. The van der Waals surface area contributed by atoms with Gasteiger partial charge in [0, 0.05) is 17.0 Å². The van der Waals surface area contributed by atoms with E-state index in [1.54, 1.807) is 13.0 Å². The minimum absolute atomic E-state index is 0.145. The predicted octanol–water partition coefficient (Wildman–Crippen LogP) is 3.51. The van der Waals surface area contributed by atoms with Gasteiger partial charge in [0.15, 0.2) is 11.9 Å². The first kappa shape index (κ1) is 21.9. The molecule has 2 aromatic rings. The molecule has 0 aliphatic carbocycles. The summed E-state index contributed by atoms with van der Waals surface area (Å²) in [6.45, 7) is 3.58. The van der Waals surface area contributed by atoms with Crippen molar-refractivity contribution in [2.24, 2.45) is 11.7 Å². The molecule has 0 bridgehead atoms. The summed E-state index contributed by atoms with van der Waals surface area (Å²) in [5, 5.41) is 2.62. The van der Waals surface area contributed by atoms with E-state index in [0.717, 1.165) is 0 Å². The molecule has 0 fully saturated rings. The van der Waals surface area contributed by atoms with Crippen LogP contribution in [0.25, 0.3) is 0 Å². The van der Waals surface area contributed by atoms with Crippen LogP contribution in [0.2, 0.25) is 0 Å². The summed E-state index contributed by atoms with van der Waals surface area (Å²) >= 11 is 0. The van der Waals surface area contributed by atoms with E-state index in [2.05, 4.69) is 5.32 Å². The highest BCUT2D eigenvalue weighted by Gasteiger charge is 2.28. The van der Waals surface area contributed by atoms with E-state index in [9.17, 15) is 18.8 Å². The molecule has 2 rings (SSSR count). The Morgan fingerprint density at radius 2 is 1.79 bits per heavy atom. The number of ether oxygens (including phenoxy) is 2. The number of rotatable bonds is 8. The van der Waals surface area contributed by atoms with Gasteiger partial charge in [0.2, 0.25) is 0 Å². The van der Waals surface area contributed by atoms with Crippen LogP contribution >= 0.6 is 0 Å². The number of methoxy groups -OCH3 is 1. The number of primary amides is 1. The first-order chi connectivity index (χ1) is 13.8. The lowest BCUT2D eigenvalue weighted by Gasteiger charge is -2.22. The topological polar surface area (TPSA) is 108 Å². The molecule has 3 N–H and O–H groups in total. The zero-order valence-electron chi connectivity index (χ0n) is 16.4. The second-order valence-electron chi connectivity index (χ2n) is 6.48. The van der Waals surface area contributed by atoms with Gasteiger partial charge in [-0.1, -0.05) is 13.8 Å². The van der Waals surface area contributed by atoms with Crippen molar-refractivity contribution in [2.75, 3.05) is 12.4 Å². The van der Waals surface area contributed by atoms with E-state index in [1.807, 2.05) is 6.92 Å². The summed E-state index contributed by atoms with van der Waals surface area (Å²) in [6.07, 6.45) is -1.62. The van der Waals surface area contributed by atoms with Crippen molar-refractivity contribution in [3.63, 3.8) is 0 Å². The average Bonchev–Trinajstić information content (AvgIpc) is 2.71. The van der Waals surface area contributed by atoms with Crippen molar-refractivity contribution < 1.29 is 28.2 Å². The van der Waals surface area contributed by atoms with Crippen molar-refractivity contribution in [2.45, 2.75) is 26.4 Å². The molecule has 7 nitrogen and oxygen atoms in total. The van der Waals surface area contributed by atoms with Gasteiger partial charge in [0.1, 0.15) is 11.6 Å². The fourth-order valence-corrected chi connectivity index (χ4v) is 2.68. The van der Waals surface area contributed by atoms with E-state index < -0.39 is 29.7 Å². The van der Waals surface area contributed by atoms with Crippen LogP contribution in [-0.4, -0.2) is 31.0 Å². The zero-order chi connectivity index (χ0) is 21.6. The lowest BCUT2D eigenvalue weighted by atomic mass is 9.99. The number of hydrogen-bond donors (Lipinski definition) is 2. The van der Waals surface area contributed by atoms with Crippen LogP contribution in [0.3, 0.4) is 0 Å². The zero-order valence-corrected chi connectivity index (χ0v) is 16.4. The van der Waals surface area contributed by atoms with Gasteiger partial charge in [-0.3, -0.25) is 9.59 Å². The summed E-state index contributed by atoms with van der Waals surface area (Å²) in [7, 11) is 1.44. The molecule has 0 radical (unpaired) electrons. The summed E-state index contributed by atoms with van der Waals surface area (Å²) in [5.41, 5.74) is 5.66. The molecular formula is C21H23FN2O5. The number of hydrogen-bond acceptors (Lipinski definition) is 5. The Bertz CT molecular complexity index is 898. The number of benzene rings is 2. The van der Waals surface area contributed by atoms with Crippen LogP contribution in [-0.2, 0) is 9.53 Å². The highest BCUT2D eigenvalue weighted by Crippen LogP contribution is 2.26. The first-order valence-corrected chi connectivity index (χ1v) is 9.02. The fourth-order valence-electron chi connectivity index (χ4n) is 2.68. The van der Waals surface area contributed by atoms with Gasteiger partial charge in [0.05, 0.1) is 12.8 Å². The highest BCUT2D eigenvalue weighted by atomic mass is 19.1. The molecule has 0 aliphatic rings. The van der Waals surface area contributed by atoms with E-state index in [-0.39, 0.29) is 22.7 Å². The van der Waals surface area contributed by atoms with Crippen molar-refractivity contribution in [1.82, 2.24) is 0 Å². The molecule has 0 spiro atoms. The molecule has 0 aliphatic heterocycles. The quantitative estimate of drug-likeness (QED) is 0.657. The molecule has 2 unspecified atom stereocenters. The Morgan fingerprint density at radius 1 is 1.14 bits per heavy atom. The number of amides is 2. The van der Waals surface area contributed by atoms with Crippen LogP contribution < -0.4 is 15.8 Å². The van der Waals surface area contributed by atoms with Crippen LogP contribution in [0, 0.1) is 11.7 Å². The minimum Gasteiger partial charge on any atom is -0.497 e. The Hall–Kier alpha value is -3.42. The fraction of sp³-hybridized carbons (Fsp3) is 0.286. The number of ketones is 1. The maximum Gasteiger partial charge on any atom is 0.405 e. The maximum atomic E-state index is 13.2. The van der Waals surface area contributed by atoms with Gasteiger partial charge < -0.3 is 20.5 Å². The summed E-state index contributed by atoms with van der Waals surface area (Å²) in [6, 6.07) is 9.59. The van der Waals surface area contributed by atoms with Gasteiger partial charge in [-0.15, -0.1) is 0 Å². The second-order valence-corrected chi connectivity index (χ2v) is 6.48. The number of carbonyl (C=O) groups excluding carboxylic acids is 3. The molecule has 2 amide bonds. The molecule has 8 heteroatoms. The van der Waals surface area contributed by atoms with Gasteiger partial charge in [-0.05, 0) is 48.9 Å². The molecule has 154 valence electrons. The Morgan fingerprint density at radius 3 is 2.34 bits per heavy atom. The third kappa shape index (κ3) is 5.54. The van der Waals surface area contributed by atoms with Crippen LogP contribution in [0.1, 0.15) is 36.2 Å². The number of anilines is 1. The lowest BCUT2D eigenvalue weighted by Crippen LogP contribution is -2.39. The third-order valence-corrected chi connectivity index (χ3v) is 4.50. The van der Waals surface area contributed by atoms with E-state index in [0.29, 0.717) is 12.2 Å². The summed E-state index contributed by atoms with van der Waals surface area (Å²) < 4.78 is 23.3. The number of carbonyl (C=O) groups is 3. The van der Waals surface area contributed by atoms with Gasteiger partial charge in [0.25, 0.3) is 5.91 Å². The van der Waals surface area contributed by atoms with Gasteiger partial charge >= 0.3 is 6.09 Å². The van der Waals surface area contributed by atoms with E-state index in [4.69, 9.17) is 15.2 Å². The van der Waals surface area contributed by atoms with Crippen LogP contribution in [0.15, 0.2) is 42.5 Å². The standard InChI is InChI=1S/C21H23FN2O5/c1-4-12(2)19(29-21(23)27)20(26)24-17-10-9-15(28-3)11-16(17)18(25)13-5-7-14(22)8-6-13/h5-12,19H,4H2,1-3H3,(H2,23,27)(H,24,26). The maximum absolute atomic E-state index is 13.2. The summed E-state index contributed by atoms with van der Waals surface area (Å²) in [4.78, 5) is 36.8. The molecule has 29 heavy (non-hydrogen) atoms. The van der Waals surface area contributed by atoms with Crippen LogP contribution in [0.5, 0.6) is 5.75 Å². The number of halogens is 1. The molecule has 2 aromatic carbocycles.